The minimum Gasteiger partial charge on any atom is -0.277 e. The molecule has 2 rings (SSSR count). The fourth-order valence-corrected chi connectivity index (χ4v) is 3.94. The molecule has 2 aromatic rings. The highest BCUT2D eigenvalue weighted by Crippen LogP contribution is 2.36. The van der Waals surface area contributed by atoms with Gasteiger partial charge in [0.05, 0.1) is 16.8 Å². The molecule has 0 radical (unpaired) electrons. The van der Waals surface area contributed by atoms with Gasteiger partial charge in [0, 0.05) is 6.07 Å². The number of pyridine rings is 1. The van der Waals surface area contributed by atoms with Crippen molar-refractivity contribution in [1.29, 1.82) is 0 Å². The molecule has 7 nitrogen and oxygen atoms in total. The fourth-order valence-electron chi connectivity index (χ4n) is 1.24. The molecule has 0 unspecified atom stereocenters. The standard InChI is InChI=1S/C9H5ClFN3O4S2/c10-9-6(14(15)16)3-8(19-9)20(17,18)13-5-1-2-7(11)12-4-5/h1-4,13H. The molecular weight excluding hydrogens is 333 g/mol. The van der Waals surface area contributed by atoms with E-state index in [1.54, 1.807) is 0 Å². The molecule has 0 bridgehead atoms. The molecule has 1 N–H and O–H groups in total. The van der Waals surface area contributed by atoms with E-state index < -0.39 is 26.6 Å². The Morgan fingerprint density at radius 1 is 1.45 bits per heavy atom. The Labute approximate surface area is 121 Å². The van der Waals surface area contributed by atoms with Crippen molar-refractivity contribution in [3.63, 3.8) is 0 Å². The summed E-state index contributed by atoms with van der Waals surface area (Å²) in [5.41, 5.74) is -0.465. The summed E-state index contributed by atoms with van der Waals surface area (Å²) in [6.07, 6.45) is 0.983. The number of hydrogen-bond donors (Lipinski definition) is 1. The van der Waals surface area contributed by atoms with Crippen LogP contribution in [-0.2, 0) is 10.0 Å². The second kappa shape index (κ2) is 5.31. The summed E-state index contributed by atoms with van der Waals surface area (Å²) in [7, 11) is -4.04. The van der Waals surface area contributed by atoms with Gasteiger partial charge < -0.3 is 0 Å². The minimum absolute atomic E-state index is 0.0265. The van der Waals surface area contributed by atoms with E-state index in [0.29, 0.717) is 11.3 Å². The van der Waals surface area contributed by atoms with Crippen molar-refractivity contribution in [3.8, 4) is 0 Å². The molecule has 106 valence electrons. The highest BCUT2D eigenvalue weighted by Gasteiger charge is 2.25. The Hall–Kier alpha value is -1.78. The normalized spacial score (nSPS) is 11.3. The number of nitrogens with zero attached hydrogens (tertiary/aromatic N) is 2. The largest absolute Gasteiger partial charge is 0.300 e. The maximum absolute atomic E-state index is 12.6. The Bertz CT molecular complexity index is 760. The van der Waals surface area contributed by atoms with Gasteiger partial charge in [0.2, 0.25) is 5.95 Å². The first-order valence-corrected chi connectivity index (χ1v) is 7.55. The van der Waals surface area contributed by atoms with Crippen molar-refractivity contribution in [2.24, 2.45) is 0 Å². The van der Waals surface area contributed by atoms with E-state index in [4.69, 9.17) is 11.6 Å². The van der Waals surface area contributed by atoms with Gasteiger partial charge in [-0.25, -0.2) is 13.4 Å². The molecule has 20 heavy (non-hydrogen) atoms. The molecule has 11 heteroatoms. The smallest absolute Gasteiger partial charge is 0.277 e. The summed E-state index contributed by atoms with van der Waals surface area (Å²) in [5.74, 6) is -0.761. The Morgan fingerprint density at radius 3 is 2.65 bits per heavy atom. The molecule has 2 aromatic heterocycles. The first-order chi connectivity index (χ1) is 9.29. The van der Waals surface area contributed by atoms with Crippen LogP contribution in [0.4, 0.5) is 15.8 Å². The van der Waals surface area contributed by atoms with Crippen molar-refractivity contribution < 1.29 is 17.7 Å². The van der Waals surface area contributed by atoms with E-state index in [2.05, 4.69) is 9.71 Å². The van der Waals surface area contributed by atoms with E-state index >= 15 is 0 Å². The van der Waals surface area contributed by atoms with Gasteiger partial charge >= 0.3 is 0 Å². The topological polar surface area (TPSA) is 102 Å². The van der Waals surface area contributed by atoms with E-state index in [1.165, 1.54) is 6.07 Å². The zero-order valence-corrected chi connectivity index (χ0v) is 11.8. The van der Waals surface area contributed by atoms with Crippen LogP contribution >= 0.6 is 22.9 Å². The number of aromatic nitrogens is 1. The van der Waals surface area contributed by atoms with E-state index in [0.717, 1.165) is 18.3 Å². The molecule has 0 spiro atoms. The van der Waals surface area contributed by atoms with E-state index in [9.17, 15) is 22.9 Å². The fraction of sp³-hybridized carbons (Fsp3) is 0. The van der Waals surface area contributed by atoms with Gasteiger partial charge in [-0.1, -0.05) is 11.6 Å². The molecular formula is C9H5ClFN3O4S2. The van der Waals surface area contributed by atoms with Crippen molar-refractivity contribution in [2.45, 2.75) is 4.21 Å². The van der Waals surface area contributed by atoms with Crippen LogP contribution < -0.4 is 4.72 Å². The van der Waals surface area contributed by atoms with Gasteiger partial charge in [-0.2, -0.15) is 4.39 Å². The second-order valence-electron chi connectivity index (χ2n) is 3.46. The van der Waals surface area contributed by atoms with Crippen LogP contribution in [-0.4, -0.2) is 18.3 Å². The van der Waals surface area contributed by atoms with Crippen LogP contribution in [0.3, 0.4) is 0 Å². The Kier molecular flexibility index (Phi) is 3.88. The van der Waals surface area contributed by atoms with E-state index in [-0.39, 0.29) is 14.2 Å². The molecule has 0 amide bonds. The summed E-state index contributed by atoms with van der Waals surface area (Å²) in [5, 5.41) is 10.6. The highest BCUT2D eigenvalue weighted by molar-refractivity contribution is 7.94. The third-order valence-corrected chi connectivity index (χ3v) is 5.28. The summed E-state index contributed by atoms with van der Waals surface area (Å²) in [6.45, 7) is 0. The molecule has 0 saturated heterocycles. The first-order valence-electron chi connectivity index (χ1n) is 4.88. The molecule has 0 aliphatic heterocycles. The minimum atomic E-state index is -4.04. The van der Waals surface area contributed by atoms with Gasteiger partial charge in [-0.15, -0.1) is 11.3 Å². The number of rotatable bonds is 4. The number of anilines is 1. The quantitative estimate of drug-likeness (QED) is 0.525. The van der Waals surface area contributed by atoms with Gasteiger partial charge in [0.25, 0.3) is 15.7 Å². The number of thiophene rings is 1. The molecule has 2 heterocycles. The number of hydrogen-bond acceptors (Lipinski definition) is 6. The molecule has 0 aliphatic carbocycles. The lowest BCUT2D eigenvalue weighted by Gasteiger charge is -2.04. The maximum Gasteiger partial charge on any atom is 0.300 e. The molecule has 0 fully saturated rings. The predicted octanol–water partition coefficient (Wildman–Crippen LogP) is 2.64. The van der Waals surface area contributed by atoms with Gasteiger partial charge in [-0.3, -0.25) is 14.8 Å². The van der Waals surface area contributed by atoms with Crippen molar-refractivity contribution in [2.75, 3.05) is 4.72 Å². The van der Waals surface area contributed by atoms with Crippen LogP contribution in [0.5, 0.6) is 0 Å². The maximum atomic E-state index is 12.6. The summed E-state index contributed by atoms with van der Waals surface area (Å²) < 4.78 is 38.1. The summed E-state index contributed by atoms with van der Waals surface area (Å²) in [4.78, 5) is 13.1. The van der Waals surface area contributed by atoms with Crippen molar-refractivity contribution >= 4 is 44.3 Å². The molecule has 0 aliphatic rings. The zero-order valence-electron chi connectivity index (χ0n) is 9.41. The number of sulfonamides is 1. The lowest BCUT2D eigenvalue weighted by Crippen LogP contribution is -2.11. The third kappa shape index (κ3) is 3.03. The van der Waals surface area contributed by atoms with Crippen LogP contribution in [0.2, 0.25) is 4.34 Å². The SMILES string of the molecule is O=[N+]([O-])c1cc(S(=O)(=O)Nc2ccc(F)nc2)sc1Cl. The van der Waals surface area contributed by atoms with Crippen molar-refractivity contribution in [1.82, 2.24) is 4.98 Å². The molecule has 0 aromatic carbocycles. The van der Waals surface area contributed by atoms with Crippen LogP contribution in [0.15, 0.2) is 28.6 Å². The van der Waals surface area contributed by atoms with Crippen molar-refractivity contribution in [3.05, 3.63) is 44.8 Å². The van der Waals surface area contributed by atoms with Crippen LogP contribution in [0.25, 0.3) is 0 Å². The zero-order chi connectivity index (χ0) is 14.9. The van der Waals surface area contributed by atoms with Gasteiger partial charge in [0.15, 0.2) is 4.34 Å². The summed E-state index contributed by atoms with van der Waals surface area (Å²) >= 11 is 6.14. The Morgan fingerprint density at radius 2 is 2.15 bits per heavy atom. The van der Waals surface area contributed by atoms with Gasteiger partial charge in [-0.05, 0) is 12.1 Å². The lowest BCUT2D eigenvalue weighted by molar-refractivity contribution is -0.384. The highest BCUT2D eigenvalue weighted by atomic mass is 35.5. The summed E-state index contributed by atoms with van der Waals surface area (Å²) in [6, 6.07) is 3.00. The first kappa shape index (κ1) is 14.6. The number of halogens is 2. The average molecular weight is 338 g/mol. The molecule has 0 saturated carbocycles. The number of nitrogens with one attached hydrogen (secondary N) is 1. The Balaban J connectivity index is 2.33. The van der Waals surface area contributed by atoms with Crippen LogP contribution in [0.1, 0.15) is 0 Å². The number of nitro groups is 1. The van der Waals surface area contributed by atoms with Crippen LogP contribution in [0, 0.1) is 16.1 Å². The average Bonchev–Trinajstić information content (AvgIpc) is 2.75. The molecule has 0 atom stereocenters. The van der Waals surface area contributed by atoms with E-state index in [1.807, 2.05) is 0 Å². The third-order valence-electron chi connectivity index (χ3n) is 2.09. The monoisotopic (exact) mass is 337 g/mol. The predicted molar refractivity (Wildman–Crippen MR) is 71.0 cm³/mol. The lowest BCUT2D eigenvalue weighted by atomic mass is 10.4. The van der Waals surface area contributed by atoms with Gasteiger partial charge in [0.1, 0.15) is 4.21 Å². The second-order valence-corrected chi connectivity index (χ2v) is 7.02.